The van der Waals surface area contributed by atoms with Crippen LogP contribution in [0.5, 0.6) is 11.5 Å². The lowest BCUT2D eigenvalue weighted by Crippen LogP contribution is -1.84. The van der Waals surface area contributed by atoms with E-state index in [0.29, 0.717) is 18.4 Å². The maximum Gasteiger partial charge on any atom is 0.160 e. The lowest BCUT2D eigenvalue weighted by molar-refractivity contribution is 0.399. The number of nitrogens with zero attached hydrogens (tertiary/aromatic N) is 1. The summed E-state index contributed by atoms with van der Waals surface area (Å²) in [5.74, 6) is -0.252. The van der Waals surface area contributed by atoms with Gasteiger partial charge in [0.1, 0.15) is 0 Å². The minimum Gasteiger partial charge on any atom is -0.504 e. The lowest BCUT2D eigenvalue weighted by Gasteiger charge is -2.02. The van der Waals surface area contributed by atoms with E-state index in [1.54, 1.807) is 12.1 Å². The average Bonchev–Trinajstić information content (AvgIpc) is 2.08. The lowest BCUT2D eigenvalue weighted by atomic mass is 10.1. The fourth-order valence-electron chi connectivity index (χ4n) is 0.970. The zero-order chi connectivity index (χ0) is 8.97. The summed E-state index contributed by atoms with van der Waals surface area (Å²) in [5, 5.41) is 26.6. The predicted molar refractivity (Wildman–Crippen MR) is 43.7 cm³/mol. The molecule has 12 heavy (non-hydrogen) atoms. The summed E-state index contributed by atoms with van der Waals surface area (Å²) in [6.07, 6.45) is 0.813. The number of phenolic OH excluding ortho intramolecular Hbond substituents is 2. The molecule has 1 aromatic carbocycles. The molecule has 0 heterocycles. The molecule has 3 nitrogen and oxygen atoms in total. The van der Waals surface area contributed by atoms with Crippen molar-refractivity contribution in [2.45, 2.75) is 12.8 Å². The van der Waals surface area contributed by atoms with Crippen LogP contribution in [0.4, 0.5) is 0 Å². The molecule has 0 atom stereocenters. The van der Waals surface area contributed by atoms with Gasteiger partial charge in [-0.15, -0.1) is 0 Å². The van der Waals surface area contributed by atoms with Gasteiger partial charge in [0, 0.05) is 6.42 Å². The number of benzene rings is 1. The van der Waals surface area contributed by atoms with Crippen molar-refractivity contribution < 1.29 is 10.2 Å². The SMILES string of the molecule is N#CCCc1cccc(O)c1O. The Morgan fingerprint density at radius 1 is 1.33 bits per heavy atom. The van der Waals surface area contributed by atoms with Gasteiger partial charge in [-0.3, -0.25) is 0 Å². The first-order valence-electron chi connectivity index (χ1n) is 3.62. The molecule has 0 radical (unpaired) electrons. The van der Waals surface area contributed by atoms with Gasteiger partial charge in [0.05, 0.1) is 6.07 Å². The molecule has 62 valence electrons. The number of aromatic hydroxyl groups is 2. The average molecular weight is 163 g/mol. The Morgan fingerprint density at radius 2 is 2.08 bits per heavy atom. The third-order valence-electron chi connectivity index (χ3n) is 1.60. The Balaban J connectivity index is 2.86. The fourth-order valence-corrected chi connectivity index (χ4v) is 0.970. The molecule has 0 spiro atoms. The minimum absolute atomic E-state index is 0.118. The van der Waals surface area contributed by atoms with E-state index in [4.69, 9.17) is 10.4 Å². The van der Waals surface area contributed by atoms with Crippen molar-refractivity contribution in [3.05, 3.63) is 23.8 Å². The van der Waals surface area contributed by atoms with E-state index < -0.39 is 0 Å². The van der Waals surface area contributed by atoms with Gasteiger partial charge >= 0.3 is 0 Å². The molecular formula is C9H9NO2. The van der Waals surface area contributed by atoms with Crippen LogP contribution in [0.15, 0.2) is 18.2 Å². The van der Waals surface area contributed by atoms with Gasteiger partial charge in [-0.05, 0) is 18.1 Å². The van der Waals surface area contributed by atoms with Gasteiger partial charge in [-0.1, -0.05) is 12.1 Å². The maximum atomic E-state index is 9.26. The van der Waals surface area contributed by atoms with Crippen molar-refractivity contribution in [2.24, 2.45) is 0 Å². The first-order valence-corrected chi connectivity index (χ1v) is 3.62. The quantitative estimate of drug-likeness (QED) is 0.650. The molecule has 1 aromatic rings. The first kappa shape index (κ1) is 8.41. The van der Waals surface area contributed by atoms with E-state index in [9.17, 15) is 5.11 Å². The summed E-state index contributed by atoms with van der Waals surface area (Å²) in [5.41, 5.74) is 0.608. The molecular weight excluding hydrogens is 154 g/mol. The van der Waals surface area contributed by atoms with Crippen molar-refractivity contribution in [2.75, 3.05) is 0 Å². The predicted octanol–water partition coefficient (Wildman–Crippen LogP) is 1.55. The molecule has 0 saturated heterocycles. The minimum atomic E-state index is -0.134. The van der Waals surface area contributed by atoms with Gasteiger partial charge < -0.3 is 10.2 Å². The molecule has 0 fully saturated rings. The van der Waals surface area contributed by atoms with E-state index in [1.807, 2.05) is 6.07 Å². The highest BCUT2D eigenvalue weighted by atomic mass is 16.3. The zero-order valence-electron chi connectivity index (χ0n) is 6.49. The normalized spacial score (nSPS) is 9.25. The van der Waals surface area contributed by atoms with E-state index in [0.717, 1.165) is 0 Å². The van der Waals surface area contributed by atoms with E-state index in [-0.39, 0.29) is 11.5 Å². The number of para-hydroxylation sites is 1. The number of nitriles is 1. The van der Waals surface area contributed by atoms with Gasteiger partial charge in [0.15, 0.2) is 11.5 Å². The maximum absolute atomic E-state index is 9.26. The molecule has 1 rings (SSSR count). The number of aryl methyl sites for hydroxylation is 1. The van der Waals surface area contributed by atoms with Crippen LogP contribution < -0.4 is 0 Å². The van der Waals surface area contributed by atoms with Crippen molar-refractivity contribution in [1.82, 2.24) is 0 Å². The third kappa shape index (κ3) is 1.67. The Labute approximate surface area is 70.5 Å². The number of rotatable bonds is 2. The highest BCUT2D eigenvalue weighted by molar-refractivity contribution is 5.44. The molecule has 0 bridgehead atoms. The molecule has 3 heteroatoms. The molecule has 0 unspecified atom stereocenters. The first-order chi connectivity index (χ1) is 5.75. The van der Waals surface area contributed by atoms with Crippen LogP contribution in [0.3, 0.4) is 0 Å². The van der Waals surface area contributed by atoms with Crippen LogP contribution in [0.25, 0.3) is 0 Å². The van der Waals surface area contributed by atoms with Gasteiger partial charge in [-0.25, -0.2) is 0 Å². The number of hydrogen-bond acceptors (Lipinski definition) is 3. The second kappa shape index (κ2) is 3.63. The molecule has 2 N–H and O–H groups in total. The molecule has 0 aromatic heterocycles. The monoisotopic (exact) mass is 163 g/mol. The van der Waals surface area contributed by atoms with Crippen LogP contribution >= 0.6 is 0 Å². The highest BCUT2D eigenvalue weighted by Crippen LogP contribution is 2.28. The summed E-state index contributed by atoms with van der Waals surface area (Å²) in [6.45, 7) is 0. The molecule has 0 amide bonds. The number of hydrogen-bond donors (Lipinski definition) is 2. The van der Waals surface area contributed by atoms with Crippen molar-refractivity contribution in [1.29, 1.82) is 5.26 Å². The molecule has 0 aliphatic carbocycles. The highest BCUT2D eigenvalue weighted by Gasteiger charge is 2.03. The van der Waals surface area contributed by atoms with Crippen molar-refractivity contribution >= 4 is 0 Å². The molecule has 0 aliphatic rings. The summed E-state index contributed by atoms with van der Waals surface area (Å²) in [6, 6.07) is 6.71. The number of phenols is 2. The van der Waals surface area contributed by atoms with Crippen LogP contribution in [0.2, 0.25) is 0 Å². The van der Waals surface area contributed by atoms with Gasteiger partial charge in [0.2, 0.25) is 0 Å². The Kier molecular flexibility index (Phi) is 2.54. The molecule has 0 aliphatic heterocycles. The summed E-state index contributed by atoms with van der Waals surface area (Å²) < 4.78 is 0. The van der Waals surface area contributed by atoms with E-state index in [1.165, 1.54) is 6.07 Å². The van der Waals surface area contributed by atoms with Crippen LogP contribution in [0, 0.1) is 11.3 Å². The Hall–Kier alpha value is -1.69. The largest absolute Gasteiger partial charge is 0.504 e. The van der Waals surface area contributed by atoms with Crippen LogP contribution in [-0.2, 0) is 6.42 Å². The Morgan fingerprint density at radius 3 is 2.75 bits per heavy atom. The third-order valence-corrected chi connectivity index (χ3v) is 1.60. The molecule has 0 saturated carbocycles. The van der Waals surface area contributed by atoms with Crippen LogP contribution in [0.1, 0.15) is 12.0 Å². The van der Waals surface area contributed by atoms with Crippen molar-refractivity contribution in [3.63, 3.8) is 0 Å². The fraction of sp³-hybridized carbons (Fsp3) is 0.222. The van der Waals surface area contributed by atoms with Gasteiger partial charge in [0.25, 0.3) is 0 Å². The standard InChI is InChI=1S/C9H9NO2/c10-6-2-4-7-3-1-5-8(11)9(7)12/h1,3,5,11-12H,2,4H2. The smallest absolute Gasteiger partial charge is 0.160 e. The summed E-state index contributed by atoms with van der Waals surface area (Å²) in [7, 11) is 0. The summed E-state index contributed by atoms with van der Waals surface area (Å²) >= 11 is 0. The second-order valence-corrected chi connectivity index (χ2v) is 2.44. The zero-order valence-corrected chi connectivity index (χ0v) is 6.49. The van der Waals surface area contributed by atoms with Crippen molar-refractivity contribution in [3.8, 4) is 17.6 Å². The van der Waals surface area contributed by atoms with E-state index in [2.05, 4.69) is 0 Å². The Bertz CT molecular complexity index is 315. The van der Waals surface area contributed by atoms with Crippen LogP contribution in [-0.4, -0.2) is 10.2 Å². The second-order valence-electron chi connectivity index (χ2n) is 2.44. The summed E-state index contributed by atoms with van der Waals surface area (Å²) in [4.78, 5) is 0. The van der Waals surface area contributed by atoms with E-state index >= 15 is 0 Å². The topological polar surface area (TPSA) is 64.2 Å². The van der Waals surface area contributed by atoms with Gasteiger partial charge in [-0.2, -0.15) is 5.26 Å².